The third-order valence-electron chi connectivity index (χ3n) is 3.21. The van der Waals surface area contributed by atoms with E-state index in [2.05, 4.69) is 31.1 Å². The second-order valence-corrected chi connectivity index (χ2v) is 5.28. The minimum atomic E-state index is 0.646. The molecule has 16 heavy (non-hydrogen) atoms. The molecule has 0 amide bonds. The van der Waals surface area contributed by atoms with Crippen molar-refractivity contribution >= 4 is 0 Å². The van der Waals surface area contributed by atoms with Crippen LogP contribution < -0.4 is 5.32 Å². The van der Waals surface area contributed by atoms with Gasteiger partial charge in [0.2, 0.25) is 0 Å². The zero-order chi connectivity index (χ0) is 11.8. The van der Waals surface area contributed by atoms with Gasteiger partial charge in [0.05, 0.1) is 6.61 Å². The summed E-state index contributed by atoms with van der Waals surface area (Å²) in [5.41, 5.74) is 0. The highest BCUT2D eigenvalue weighted by molar-refractivity contribution is 4.73. The molecule has 0 aromatic heterocycles. The first kappa shape index (κ1) is 13.9. The predicted octanol–water partition coefficient (Wildman–Crippen LogP) is 1.73. The van der Waals surface area contributed by atoms with Crippen LogP contribution in [-0.4, -0.2) is 50.8 Å². The number of rotatable bonds is 6. The van der Waals surface area contributed by atoms with Gasteiger partial charge in [0, 0.05) is 19.2 Å². The predicted molar refractivity (Wildman–Crippen MR) is 68.8 cm³/mol. The molecule has 1 fully saturated rings. The number of hydrogen-bond acceptors (Lipinski definition) is 3. The summed E-state index contributed by atoms with van der Waals surface area (Å²) in [4.78, 5) is 2.47. The molecule has 0 bridgehead atoms. The Morgan fingerprint density at radius 3 is 2.88 bits per heavy atom. The molecule has 0 aromatic carbocycles. The highest BCUT2D eigenvalue weighted by atomic mass is 16.5. The van der Waals surface area contributed by atoms with Crippen molar-refractivity contribution in [3.05, 3.63) is 0 Å². The SMILES string of the molecule is CC(C)COCCN(C)C1CCCNCC1. The molecular formula is C13H28N2O. The van der Waals surface area contributed by atoms with Gasteiger partial charge in [0.25, 0.3) is 0 Å². The summed E-state index contributed by atoms with van der Waals surface area (Å²) < 4.78 is 5.63. The van der Waals surface area contributed by atoms with Gasteiger partial charge in [-0.2, -0.15) is 0 Å². The summed E-state index contributed by atoms with van der Waals surface area (Å²) in [5.74, 6) is 0.646. The first-order valence-corrected chi connectivity index (χ1v) is 6.69. The molecule has 0 aromatic rings. The van der Waals surface area contributed by atoms with E-state index in [1.807, 2.05) is 0 Å². The molecule has 1 aliphatic heterocycles. The monoisotopic (exact) mass is 228 g/mol. The Hall–Kier alpha value is -0.120. The highest BCUT2D eigenvalue weighted by Gasteiger charge is 2.15. The van der Waals surface area contributed by atoms with Crippen LogP contribution in [0.15, 0.2) is 0 Å². The lowest BCUT2D eigenvalue weighted by molar-refractivity contribution is 0.0793. The Morgan fingerprint density at radius 2 is 2.12 bits per heavy atom. The molecule has 96 valence electrons. The number of likely N-dealkylation sites (N-methyl/N-ethyl adjacent to an activating group) is 1. The van der Waals surface area contributed by atoms with Crippen molar-refractivity contribution in [1.82, 2.24) is 10.2 Å². The lowest BCUT2D eigenvalue weighted by Crippen LogP contribution is -2.35. The summed E-state index contributed by atoms with van der Waals surface area (Å²) in [7, 11) is 2.23. The van der Waals surface area contributed by atoms with E-state index in [1.165, 1.54) is 32.4 Å². The fraction of sp³-hybridized carbons (Fsp3) is 1.00. The lowest BCUT2D eigenvalue weighted by Gasteiger charge is -2.26. The quantitative estimate of drug-likeness (QED) is 0.701. The Labute approximate surface area is 101 Å². The zero-order valence-corrected chi connectivity index (χ0v) is 11.2. The summed E-state index contributed by atoms with van der Waals surface area (Å²) in [6.45, 7) is 9.58. The Kier molecular flexibility index (Phi) is 7.01. The van der Waals surface area contributed by atoms with Crippen LogP contribution in [0.5, 0.6) is 0 Å². The van der Waals surface area contributed by atoms with Gasteiger partial charge in [0.1, 0.15) is 0 Å². The van der Waals surface area contributed by atoms with Crippen molar-refractivity contribution in [1.29, 1.82) is 0 Å². The molecule has 1 aliphatic rings. The summed E-state index contributed by atoms with van der Waals surface area (Å²) in [6.07, 6.45) is 3.91. The first-order valence-electron chi connectivity index (χ1n) is 6.69. The van der Waals surface area contributed by atoms with Crippen LogP contribution in [0.2, 0.25) is 0 Å². The average molecular weight is 228 g/mol. The standard InChI is InChI=1S/C13H28N2O/c1-12(2)11-16-10-9-15(3)13-5-4-7-14-8-6-13/h12-14H,4-11H2,1-3H3. The van der Waals surface area contributed by atoms with Gasteiger partial charge in [0.15, 0.2) is 0 Å². The second kappa shape index (κ2) is 8.04. The van der Waals surface area contributed by atoms with Crippen LogP contribution in [0, 0.1) is 5.92 Å². The number of nitrogens with one attached hydrogen (secondary N) is 1. The topological polar surface area (TPSA) is 24.5 Å². The average Bonchev–Trinajstić information content (AvgIpc) is 2.52. The van der Waals surface area contributed by atoms with Gasteiger partial charge in [-0.05, 0) is 45.3 Å². The van der Waals surface area contributed by atoms with Gasteiger partial charge < -0.3 is 15.0 Å². The van der Waals surface area contributed by atoms with Crippen molar-refractivity contribution < 1.29 is 4.74 Å². The molecular weight excluding hydrogens is 200 g/mol. The maximum atomic E-state index is 5.63. The van der Waals surface area contributed by atoms with E-state index < -0.39 is 0 Å². The molecule has 0 radical (unpaired) electrons. The molecule has 3 nitrogen and oxygen atoms in total. The molecule has 0 aliphatic carbocycles. The molecule has 0 spiro atoms. The zero-order valence-electron chi connectivity index (χ0n) is 11.2. The van der Waals surface area contributed by atoms with Crippen molar-refractivity contribution in [3.8, 4) is 0 Å². The maximum Gasteiger partial charge on any atom is 0.0593 e. The molecule has 1 heterocycles. The summed E-state index contributed by atoms with van der Waals surface area (Å²) in [6, 6.07) is 0.748. The molecule has 1 atom stereocenters. The van der Waals surface area contributed by atoms with Crippen LogP contribution in [-0.2, 0) is 4.74 Å². The van der Waals surface area contributed by atoms with Gasteiger partial charge in [-0.3, -0.25) is 0 Å². The molecule has 1 saturated heterocycles. The van der Waals surface area contributed by atoms with Crippen LogP contribution in [0.1, 0.15) is 33.1 Å². The molecule has 1 unspecified atom stereocenters. The normalized spacial score (nSPS) is 22.7. The minimum Gasteiger partial charge on any atom is -0.380 e. The summed E-state index contributed by atoms with van der Waals surface area (Å²) >= 11 is 0. The van der Waals surface area contributed by atoms with Crippen molar-refractivity contribution in [3.63, 3.8) is 0 Å². The van der Waals surface area contributed by atoms with Crippen molar-refractivity contribution in [2.24, 2.45) is 5.92 Å². The van der Waals surface area contributed by atoms with Gasteiger partial charge in [-0.1, -0.05) is 13.8 Å². The van der Waals surface area contributed by atoms with Crippen LogP contribution in [0.25, 0.3) is 0 Å². The van der Waals surface area contributed by atoms with Crippen molar-refractivity contribution in [2.75, 3.05) is 39.9 Å². The highest BCUT2D eigenvalue weighted by Crippen LogP contribution is 2.11. The van der Waals surface area contributed by atoms with E-state index in [-0.39, 0.29) is 0 Å². The minimum absolute atomic E-state index is 0.646. The van der Waals surface area contributed by atoms with Crippen LogP contribution >= 0.6 is 0 Å². The largest absolute Gasteiger partial charge is 0.380 e. The van der Waals surface area contributed by atoms with E-state index in [0.717, 1.165) is 25.8 Å². The van der Waals surface area contributed by atoms with E-state index in [9.17, 15) is 0 Å². The van der Waals surface area contributed by atoms with E-state index in [1.54, 1.807) is 0 Å². The van der Waals surface area contributed by atoms with E-state index in [4.69, 9.17) is 4.74 Å². The van der Waals surface area contributed by atoms with E-state index >= 15 is 0 Å². The van der Waals surface area contributed by atoms with Crippen LogP contribution in [0.4, 0.5) is 0 Å². The lowest BCUT2D eigenvalue weighted by atomic mass is 10.1. The third kappa shape index (κ3) is 5.83. The third-order valence-corrected chi connectivity index (χ3v) is 3.21. The summed E-state index contributed by atoms with van der Waals surface area (Å²) in [5, 5.41) is 3.46. The smallest absolute Gasteiger partial charge is 0.0593 e. The molecule has 1 rings (SSSR count). The Balaban J connectivity index is 2.10. The number of ether oxygens (including phenoxy) is 1. The molecule has 3 heteroatoms. The van der Waals surface area contributed by atoms with Crippen LogP contribution in [0.3, 0.4) is 0 Å². The molecule has 1 N–H and O–H groups in total. The van der Waals surface area contributed by atoms with Gasteiger partial charge in [-0.25, -0.2) is 0 Å². The van der Waals surface area contributed by atoms with E-state index in [0.29, 0.717) is 5.92 Å². The first-order chi connectivity index (χ1) is 7.70. The number of hydrogen-bond donors (Lipinski definition) is 1. The maximum absolute atomic E-state index is 5.63. The van der Waals surface area contributed by atoms with Gasteiger partial charge in [-0.15, -0.1) is 0 Å². The molecule has 0 saturated carbocycles. The van der Waals surface area contributed by atoms with Crippen molar-refractivity contribution in [2.45, 2.75) is 39.2 Å². The Bertz CT molecular complexity index is 165. The second-order valence-electron chi connectivity index (χ2n) is 5.28. The fourth-order valence-electron chi connectivity index (χ4n) is 2.15. The fourth-order valence-corrected chi connectivity index (χ4v) is 2.15. The Morgan fingerprint density at radius 1 is 1.31 bits per heavy atom. The number of nitrogens with zero attached hydrogens (tertiary/aromatic N) is 1. The van der Waals surface area contributed by atoms with Gasteiger partial charge >= 0.3 is 0 Å².